The summed E-state index contributed by atoms with van der Waals surface area (Å²) in [5.41, 5.74) is 7.71. The molecule has 0 spiro atoms. The van der Waals surface area contributed by atoms with Crippen molar-refractivity contribution in [2.75, 3.05) is 5.32 Å². The Kier molecular flexibility index (Phi) is 3.26. The van der Waals surface area contributed by atoms with Crippen LogP contribution in [0, 0.1) is 13.8 Å². The maximum absolute atomic E-state index is 11.9. The second-order valence-electron chi connectivity index (χ2n) is 3.80. The third-order valence-electron chi connectivity index (χ3n) is 2.63. The molecule has 0 saturated heterocycles. The first-order chi connectivity index (χ1) is 8.09. The van der Waals surface area contributed by atoms with Crippen LogP contribution in [0.4, 0.5) is 5.82 Å². The number of thiophene rings is 1. The molecule has 0 fully saturated rings. The minimum atomic E-state index is -0.647. The largest absolute Gasteiger partial charge is 0.316 e. The van der Waals surface area contributed by atoms with Crippen molar-refractivity contribution < 1.29 is 4.79 Å². The summed E-state index contributed by atoms with van der Waals surface area (Å²) in [4.78, 5) is 12.7. The van der Waals surface area contributed by atoms with Gasteiger partial charge in [-0.05, 0) is 25.3 Å². The number of nitrogens with two attached hydrogens (primary N) is 1. The second kappa shape index (κ2) is 4.68. The molecule has 17 heavy (non-hydrogen) atoms. The number of anilines is 1. The van der Waals surface area contributed by atoms with Gasteiger partial charge in [0, 0.05) is 16.1 Å². The fraction of sp³-hybridized carbons (Fsp3) is 0.273. The van der Waals surface area contributed by atoms with Gasteiger partial charge in [-0.3, -0.25) is 9.89 Å². The van der Waals surface area contributed by atoms with E-state index in [9.17, 15) is 4.79 Å². The van der Waals surface area contributed by atoms with Crippen molar-refractivity contribution in [3.63, 3.8) is 0 Å². The molecular formula is C11H14N4OS. The highest BCUT2D eigenvalue weighted by atomic mass is 32.1. The van der Waals surface area contributed by atoms with Gasteiger partial charge in [0.25, 0.3) is 0 Å². The number of rotatable bonds is 3. The summed E-state index contributed by atoms with van der Waals surface area (Å²) in [6.45, 7) is 3.79. The molecule has 1 unspecified atom stereocenters. The molecule has 0 aromatic carbocycles. The van der Waals surface area contributed by atoms with Crippen LogP contribution in [0.2, 0.25) is 0 Å². The fourth-order valence-electron chi connectivity index (χ4n) is 1.40. The Morgan fingerprint density at radius 3 is 2.88 bits per heavy atom. The van der Waals surface area contributed by atoms with E-state index in [0.717, 1.165) is 16.1 Å². The number of carbonyl (C=O) groups excluding carboxylic acids is 1. The number of H-pyrrole nitrogens is 1. The number of amides is 1. The van der Waals surface area contributed by atoms with Crippen LogP contribution in [-0.2, 0) is 4.79 Å². The molecule has 90 valence electrons. The van der Waals surface area contributed by atoms with E-state index < -0.39 is 6.04 Å². The predicted octanol–water partition coefficient (Wildman–Crippen LogP) is 1.73. The molecule has 2 rings (SSSR count). The van der Waals surface area contributed by atoms with E-state index in [1.807, 2.05) is 31.4 Å². The molecule has 1 amide bonds. The van der Waals surface area contributed by atoms with Gasteiger partial charge in [-0.2, -0.15) is 5.10 Å². The van der Waals surface area contributed by atoms with Crippen LogP contribution >= 0.6 is 11.3 Å². The molecule has 0 aliphatic heterocycles. The van der Waals surface area contributed by atoms with Gasteiger partial charge in [-0.15, -0.1) is 11.3 Å². The lowest BCUT2D eigenvalue weighted by Crippen LogP contribution is -2.27. The fourth-order valence-corrected chi connectivity index (χ4v) is 2.12. The number of hydrogen-bond acceptors (Lipinski definition) is 4. The van der Waals surface area contributed by atoms with Crippen molar-refractivity contribution >= 4 is 23.1 Å². The smallest absolute Gasteiger partial charge is 0.247 e. The number of hydrogen-bond donors (Lipinski definition) is 3. The minimum Gasteiger partial charge on any atom is -0.316 e. The SMILES string of the molecule is Cc1[nH]nc(NC(=O)C(N)c2cccs2)c1C. The monoisotopic (exact) mass is 250 g/mol. The number of aryl methyl sites for hydroxylation is 1. The average Bonchev–Trinajstić information content (AvgIpc) is 2.93. The molecule has 6 heteroatoms. The standard InChI is InChI=1S/C11H14N4OS/c1-6-7(2)14-15-10(6)13-11(16)9(12)8-4-3-5-17-8/h3-5,9H,12H2,1-2H3,(H2,13,14,15,16). The lowest BCUT2D eigenvalue weighted by molar-refractivity contribution is -0.117. The Balaban J connectivity index is 2.10. The molecule has 2 heterocycles. The summed E-state index contributed by atoms with van der Waals surface area (Å²) in [7, 11) is 0. The maximum Gasteiger partial charge on any atom is 0.247 e. The molecule has 0 radical (unpaired) electrons. The third kappa shape index (κ3) is 2.37. The van der Waals surface area contributed by atoms with Gasteiger partial charge in [0.1, 0.15) is 6.04 Å². The number of aromatic amines is 1. The van der Waals surface area contributed by atoms with Gasteiger partial charge in [0.15, 0.2) is 5.82 Å². The van der Waals surface area contributed by atoms with Crippen molar-refractivity contribution in [2.45, 2.75) is 19.9 Å². The molecule has 5 nitrogen and oxygen atoms in total. The van der Waals surface area contributed by atoms with Crippen molar-refractivity contribution in [2.24, 2.45) is 5.73 Å². The molecule has 0 saturated carbocycles. The summed E-state index contributed by atoms with van der Waals surface area (Å²) in [5, 5.41) is 11.4. The summed E-state index contributed by atoms with van der Waals surface area (Å²) in [5.74, 6) is 0.293. The van der Waals surface area contributed by atoms with E-state index in [0.29, 0.717) is 5.82 Å². The minimum absolute atomic E-state index is 0.248. The predicted molar refractivity (Wildman–Crippen MR) is 67.9 cm³/mol. The average molecular weight is 250 g/mol. The zero-order valence-electron chi connectivity index (χ0n) is 9.65. The Hall–Kier alpha value is -1.66. The van der Waals surface area contributed by atoms with Crippen LogP contribution in [0.15, 0.2) is 17.5 Å². The maximum atomic E-state index is 11.9. The van der Waals surface area contributed by atoms with E-state index in [-0.39, 0.29) is 5.91 Å². The van der Waals surface area contributed by atoms with Crippen LogP contribution in [-0.4, -0.2) is 16.1 Å². The van der Waals surface area contributed by atoms with Crippen LogP contribution in [0.1, 0.15) is 22.2 Å². The van der Waals surface area contributed by atoms with Crippen LogP contribution < -0.4 is 11.1 Å². The van der Waals surface area contributed by atoms with Crippen LogP contribution in [0.25, 0.3) is 0 Å². The first kappa shape index (κ1) is 11.8. The van der Waals surface area contributed by atoms with E-state index in [4.69, 9.17) is 5.73 Å². The van der Waals surface area contributed by atoms with E-state index >= 15 is 0 Å². The Morgan fingerprint density at radius 2 is 2.35 bits per heavy atom. The Morgan fingerprint density at radius 1 is 1.59 bits per heavy atom. The summed E-state index contributed by atoms with van der Waals surface area (Å²) in [6, 6.07) is 3.07. The Labute approximate surface area is 103 Å². The van der Waals surface area contributed by atoms with Gasteiger partial charge < -0.3 is 11.1 Å². The van der Waals surface area contributed by atoms with Crippen molar-refractivity contribution in [3.8, 4) is 0 Å². The molecule has 0 aliphatic rings. The van der Waals surface area contributed by atoms with Gasteiger partial charge >= 0.3 is 0 Å². The van der Waals surface area contributed by atoms with Crippen LogP contribution in [0.5, 0.6) is 0 Å². The number of nitrogens with one attached hydrogen (secondary N) is 2. The molecule has 4 N–H and O–H groups in total. The van der Waals surface area contributed by atoms with E-state index in [2.05, 4.69) is 15.5 Å². The highest BCUT2D eigenvalue weighted by Crippen LogP contribution is 2.20. The van der Waals surface area contributed by atoms with Crippen LogP contribution in [0.3, 0.4) is 0 Å². The topological polar surface area (TPSA) is 83.8 Å². The van der Waals surface area contributed by atoms with Gasteiger partial charge in [-0.25, -0.2) is 0 Å². The van der Waals surface area contributed by atoms with Crippen molar-refractivity contribution in [1.82, 2.24) is 10.2 Å². The van der Waals surface area contributed by atoms with E-state index in [1.54, 1.807) is 0 Å². The van der Waals surface area contributed by atoms with Gasteiger partial charge in [0.2, 0.25) is 5.91 Å². The quantitative estimate of drug-likeness (QED) is 0.775. The first-order valence-electron chi connectivity index (χ1n) is 5.21. The van der Waals surface area contributed by atoms with Gasteiger partial charge in [-0.1, -0.05) is 6.07 Å². The van der Waals surface area contributed by atoms with Crippen molar-refractivity contribution in [1.29, 1.82) is 0 Å². The van der Waals surface area contributed by atoms with E-state index in [1.165, 1.54) is 11.3 Å². The number of carbonyl (C=O) groups is 1. The number of nitrogens with zero attached hydrogens (tertiary/aromatic N) is 1. The molecule has 0 aliphatic carbocycles. The lowest BCUT2D eigenvalue weighted by atomic mass is 10.2. The third-order valence-corrected chi connectivity index (χ3v) is 3.58. The highest BCUT2D eigenvalue weighted by Gasteiger charge is 2.18. The highest BCUT2D eigenvalue weighted by molar-refractivity contribution is 7.10. The number of aromatic nitrogens is 2. The Bertz CT molecular complexity index is 518. The summed E-state index contributed by atoms with van der Waals surface area (Å²) < 4.78 is 0. The molecule has 2 aromatic rings. The van der Waals surface area contributed by atoms with Gasteiger partial charge in [0.05, 0.1) is 0 Å². The first-order valence-corrected chi connectivity index (χ1v) is 6.09. The second-order valence-corrected chi connectivity index (χ2v) is 4.78. The normalized spacial score (nSPS) is 12.4. The van der Waals surface area contributed by atoms with Crippen molar-refractivity contribution in [3.05, 3.63) is 33.6 Å². The summed E-state index contributed by atoms with van der Waals surface area (Å²) in [6.07, 6.45) is 0. The molecule has 1 atom stereocenters. The molecule has 2 aromatic heterocycles. The molecule has 0 bridgehead atoms. The molecular weight excluding hydrogens is 236 g/mol. The zero-order valence-corrected chi connectivity index (χ0v) is 10.5. The zero-order chi connectivity index (χ0) is 12.4. The summed E-state index contributed by atoms with van der Waals surface area (Å²) >= 11 is 1.47. The lowest BCUT2D eigenvalue weighted by Gasteiger charge is -2.09.